The van der Waals surface area contributed by atoms with E-state index < -0.39 is 0 Å². The third-order valence-corrected chi connectivity index (χ3v) is 6.07. The number of phenols is 1. The minimum absolute atomic E-state index is 0.0599. The molecule has 0 bridgehead atoms. The largest absolute Gasteiger partial charge is 0.504 e. The molecule has 0 spiro atoms. The van der Waals surface area contributed by atoms with Crippen LogP contribution in [0.4, 0.5) is 0 Å². The SMILES string of the molecule is C=CCc1cc(/C=N/NC(=O)CSc2nnc(CCCc3ccc(OC)c(C)c3)o2)cc(OC)c1O. The van der Waals surface area contributed by atoms with Gasteiger partial charge in [-0.2, -0.15) is 5.10 Å². The molecular formula is C26H30N4O5S. The number of hydrazone groups is 1. The van der Waals surface area contributed by atoms with Crippen LogP contribution in [0.3, 0.4) is 0 Å². The summed E-state index contributed by atoms with van der Waals surface area (Å²) in [5, 5.41) is 22.5. The zero-order valence-corrected chi connectivity index (χ0v) is 21.4. The smallest absolute Gasteiger partial charge is 0.277 e. The summed E-state index contributed by atoms with van der Waals surface area (Å²) in [6.07, 6.45) is 6.03. The molecule has 0 atom stereocenters. The van der Waals surface area contributed by atoms with Gasteiger partial charge in [-0.15, -0.1) is 16.8 Å². The Kier molecular flexibility index (Phi) is 9.93. The lowest BCUT2D eigenvalue weighted by molar-refractivity contribution is -0.118. The van der Waals surface area contributed by atoms with Gasteiger partial charge in [0.2, 0.25) is 5.89 Å². The second-order valence-corrected chi connectivity index (χ2v) is 8.85. The van der Waals surface area contributed by atoms with Gasteiger partial charge in [-0.3, -0.25) is 4.79 Å². The van der Waals surface area contributed by atoms with Crippen LogP contribution in [0.2, 0.25) is 0 Å². The molecule has 1 amide bonds. The van der Waals surface area contributed by atoms with Crippen molar-refractivity contribution in [1.29, 1.82) is 0 Å². The molecule has 0 saturated carbocycles. The summed E-state index contributed by atoms with van der Waals surface area (Å²) < 4.78 is 16.1. The number of phenolic OH excluding ortho intramolecular Hbond substituents is 1. The second kappa shape index (κ2) is 13.3. The number of carbonyl (C=O) groups excluding carboxylic acids is 1. The monoisotopic (exact) mass is 510 g/mol. The molecule has 0 fully saturated rings. The van der Waals surface area contributed by atoms with E-state index in [0.29, 0.717) is 40.8 Å². The molecule has 0 aliphatic carbocycles. The number of ether oxygens (including phenoxy) is 2. The van der Waals surface area contributed by atoms with Crippen molar-refractivity contribution in [3.8, 4) is 17.2 Å². The number of rotatable bonds is 13. The Hall–Kier alpha value is -3.79. The van der Waals surface area contributed by atoms with Crippen LogP contribution in [0, 0.1) is 6.92 Å². The number of aromatic hydroxyl groups is 1. The topological polar surface area (TPSA) is 119 Å². The van der Waals surface area contributed by atoms with E-state index in [4.69, 9.17) is 13.9 Å². The first-order chi connectivity index (χ1) is 17.4. The molecule has 0 aliphatic heterocycles. The zero-order valence-electron chi connectivity index (χ0n) is 20.6. The van der Waals surface area contributed by atoms with Crippen LogP contribution >= 0.6 is 11.8 Å². The average molecular weight is 511 g/mol. The van der Waals surface area contributed by atoms with Crippen molar-refractivity contribution < 1.29 is 23.8 Å². The van der Waals surface area contributed by atoms with Crippen LogP contribution < -0.4 is 14.9 Å². The summed E-state index contributed by atoms with van der Waals surface area (Å²) >= 11 is 1.14. The van der Waals surface area contributed by atoms with Gasteiger partial charge >= 0.3 is 0 Å². The van der Waals surface area contributed by atoms with Gasteiger partial charge in [-0.1, -0.05) is 30.0 Å². The van der Waals surface area contributed by atoms with E-state index in [1.807, 2.05) is 13.0 Å². The number of nitrogens with zero attached hydrogens (tertiary/aromatic N) is 3. The molecule has 0 radical (unpaired) electrons. The van der Waals surface area contributed by atoms with Gasteiger partial charge in [0.1, 0.15) is 5.75 Å². The third-order valence-electron chi connectivity index (χ3n) is 5.25. The number of thioether (sulfide) groups is 1. The zero-order chi connectivity index (χ0) is 25.9. The molecule has 9 nitrogen and oxygen atoms in total. The predicted octanol–water partition coefficient (Wildman–Crippen LogP) is 4.25. The summed E-state index contributed by atoms with van der Waals surface area (Å²) in [6, 6.07) is 9.53. The van der Waals surface area contributed by atoms with Crippen LogP contribution in [-0.4, -0.2) is 47.4 Å². The highest BCUT2D eigenvalue weighted by molar-refractivity contribution is 7.99. The summed E-state index contributed by atoms with van der Waals surface area (Å²) in [5.41, 5.74) is 6.11. The van der Waals surface area contributed by atoms with Crippen LogP contribution in [0.25, 0.3) is 0 Å². The van der Waals surface area contributed by atoms with E-state index in [1.165, 1.54) is 18.9 Å². The molecule has 190 valence electrons. The van der Waals surface area contributed by atoms with Crippen molar-refractivity contribution >= 4 is 23.9 Å². The number of hydrogen-bond donors (Lipinski definition) is 2. The van der Waals surface area contributed by atoms with Gasteiger partial charge in [0.25, 0.3) is 11.1 Å². The van der Waals surface area contributed by atoms with Gasteiger partial charge in [-0.25, -0.2) is 5.43 Å². The summed E-state index contributed by atoms with van der Waals surface area (Å²) in [5.74, 6) is 1.56. The number of methoxy groups -OCH3 is 2. The van der Waals surface area contributed by atoms with E-state index in [0.717, 1.165) is 35.9 Å². The summed E-state index contributed by atoms with van der Waals surface area (Å²) in [4.78, 5) is 12.1. The molecule has 1 aromatic heterocycles. The van der Waals surface area contributed by atoms with Crippen molar-refractivity contribution in [3.05, 3.63) is 71.1 Å². The van der Waals surface area contributed by atoms with Crippen molar-refractivity contribution in [1.82, 2.24) is 15.6 Å². The van der Waals surface area contributed by atoms with Crippen molar-refractivity contribution in [2.24, 2.45) is 5.10 Å². The minimum atomic E-state index is -0.317. The van der Waals surface area contributed by atoms with Gasteiger partial charge in [0.15, 0.2) is 11.5 Å². The Bertz CT molecular complexity index is 1230. The molecule has 10 heteroatoms. The number of benzene rings is 2. The van der Waals surface area contributed by atoms with E-state index in [9.17, 15) is 9.90 Å². The molecule has 0 saturated heterocycles. The Balaban J connectivity index is 1.43. The quantitative estimate of drug-likeness (QED) is 0.152. The van der Waals surface area contributed by atoms with Gasteiger partial charge < -0.3 is 19.0 Å². The molecule has 3 rings (SSSR count). The van der Waals surface area contributed by atoms with Crippen molar-refractivity contribution in [2.75, 3.05) is 20.0 Å². The first-order valence-electron chi connectivity index (χ1n) is 11.3. The number of hydrogen-bond acceptors (Lipinski definition) is 9. The first-order valence-corrected chi connectivity index (χ1v) is 12.3. The van der Waals surface area contributed by atoms with Gasteiger partial charge in [0, 0.05) is 12.0 Å². The number of aryl methyl sites for hydroxylation is 3. The predicted molar refractivity (Wildman–Crippen MR) is 139 cm³/mol. The Morgan fingerprint density at radius 2 is 2.00 bits per heavy atom. The van der Waals surface area contributed by atoms with E-state index in [2.05, 4.69) is 39.4 Å². The summed E-state index contributed by atoms with van der Waals surface area (Å²) in [7, 11) is 3.14. The number of allylic oxidation sites excluding steroid dienone is 1. The lowest BCUT2D eigenvalue weighted by atomic mass is 10.1. The molecule has 2 aromatic carbocycles. The highest BCUT2D eigenvalue weighted by Crippen LogP contribution is 2.31. The standard InChI is InChI=1S/C26H30N4O5S/c1-5-7-20-13-19(14-22(34-4)25(20)32)15-27-28-23(31)16-36-26-30-29-24(35-26)9-6-8-18-10-11-21(33-3)17(2)12-18/h5,10-15,32H,1,6-9,16H2,2-4H3,(H,28,31)/b27-15+. The Labute approximate surface area is 214 Å². The fourth-order valence-electron chi connectivity index (χ4n) is 3.51. The van der Waals surface area contributed by atoms with Crippen molar-refractivity contribution in [3.63, 3.8) is 0 Å². The summed E-state index contributed by atoms with van der Waals surface area (Å²) in [6.45, 7) is 5.71. The Morgan fingerprint density at radius 1 is 1.19 bits per heavy atom. The van der Waals surface area contributed by atoms with Crippen molar-refractivity contribution in [2.45, 2.75) is 37.8 Å². The lowest BCUT2D eigenvalue weighted by Gasteiger charge is -2.09. The molecule has 2 N–H and O–H groups in total. The molecule has 0 unspecified atom stereocenters. The lowest BCUT2D eigenvalue weighted by Crippen LogP contribution is -2.19. The second-order valence-electron chi connectivity index (χ2n) is 7.92. The molecule has 0 aliphatic rings. The molecule has 1 heterocycles. The minimum Gasteiger partial charge on any atom is -0.504 e. The van der Waals surface area contributed by atoms with Crippen LogP contribution in [0.15, 0.2) is 57.7 Å². The van der Waals surface area contributed by atoms with Crippen LogP contribution in [0.5, 0.6) is 17.2 Å². The number of carbonyl (C=O) groups is 1. The number of aromatic nitrogens is 2. The third kappa shape index (κ3) is 7.61. The number of nitrogens with one attached hydrogen (secondary N) is 1. The van der Waals surface area contributed by atoms with Gasteiger partial charge in [0.05, 0.1) is 26.2 Å². The van der Waals surface area contributed by atoms with E-state index in [1.54, 1.807) is 25.3 Å². The normalized spacial score (nSPS) is 11.0. The van der Waals surface area contributed by atoms with E-state index >= 15 is 0 Å². The maximum atomic E-state index is 12.1. The maximum Gasteiger partial charge on any atom is 0.277 e. The average Bonchev–Trinajstić information content (AvgIpc) is 3.32. The highest BCUT2D eigenvalue weighted by atomic mass is 32.2. The first kappa shape index (κ1) is 26.8. The molecule has 3 aromatic rings. The van der Waals surface area contributed by atoms with E-state index in [-0.39, 0.29) is 17.4 Å². The highest BCUT2D eigenvalue weighted by Gasteiger charge is 2.11. The fraction of sp³-hybridized carbons (Fsp3) is 0.308. The van der Waals surface area contributed by atoms with Crippen LogP contribution in [0.1, 0.15) is 34.6 Å². The molecule has 36 heavy (non-hydrogen) atoms. The number of amides is 1. The van der Waals surface area contributed by atoms with Gasteiger partial charge in [-0.05, 0) is 61.1 Å². The maximum absolute atomic E-state index is 12.1. The Morgan fingerprint density at radius 3 is 2.72 bits per heavy atom. The van der Waals surface area contributed by atoms with Crippen LogP contribution in [-0.2, 0) is 24.1 Å². The molecular weight excluding hydrogens is 480 g/mol. The fourth-order valence-corrected chi connectivity index (χ4v) is 4.08.